The lowest BCUT2D eigenvalue weighted by atomic mass is 10.3. The number of non-ortho nitro benzene ring substituents is 1. The highest BCUT2D eigenvalue weighted by molar-refractivity contribution is 5.94. The molecule has 0 saturated carbocycles. The zero-order valence-electron chi connectivity index (χ0n) is 12.2. The van der Waals surface area contributed by atoms with Crippen molar-refractivity contribution in [3.63, 3.8) is 0 Å². The standard InChI is InChI=1S/C14H15N7O2/c15-10-18-14(17-6-1-8-20-9-7-16-11-20)19-12-2-4-13(5-3-12)21(22)23/h2-5,7,9,11H,1,6,8H2,(H2,17,18,19). The van der Waals surface area contributed by atoms with Crippen LogP contribution in [0.5, 0.6) is 0 Å². The fourth-order valence-corrected chi connectivity index (χ4v) is 1.83. The van der Waals surface area contributed by atoms with Gasteiger partial charge in [-0.15, -0.1) is 0 Å². The molecule has 0 spiro atoms. The number of aryl methyl sites for hydroxylation is 1. The van der Waals surface area contributed by atoms with Gasteiger partial charge in [0.15, 0.2) is 6.19 Å². The highest BCUT2D eigenvalue weighted by atomic mass is 16.6. The molecule has 118 valence electrons. The zero-order chi connectivity index (χ0) is 16.5. The quantitative estimate of drug-likeness (QED) is 0.159. The van der Waals surface area contributed by atoms with Crippen molar-refractivity contribution < 1.29 is 4.92 Å². The molecule has 2 N–H and O–H groups in total. The normalized spacial score (nSPS) is 10.8. The van der Waals surface area contributed by atoms with E-state index >= 15 is 0 Å². The number of nitro groups is 1. The van der Waals surface area contributed by atoms with Gasteiger partial charge >= 0.3 is 0 Å². The van der Waals surface area contributed by atoms with Crippen LogP contribution in [0.25, 0.3) is 0 Å². The van der Waals surface area contributed by atoms with E-state index in [1.54, 1.807) is 30.9 Å². The molecule has 0 aliphatic heterocycles. The van der Waals surface area contributed by atoms with E-state index in [0.29, 0.717) is 18.2 Å². The molecule has 2 rings (SSSR count). The summed E-state index contributed by atoms with van der Waals surface area (Å²) in [5.41, 5.74) is 0.606. The van der Waals surface area contributed by atoms with Crippen molar-refractivity contribution in [1.29, 1.82) is 5.26 Å². The first-order chi connectivity index (χ1) is 11.2. The lowest BCUT2D eigenvalue weighted by Crippen LogP contribution is -2.27. The summed E-state index contributed by atoms with van der Waals surface area (Å²) in [4.78, 5) is 18.4. The third-order valence-electron chi connectivity index (χ3n) is 2.92. The number of benzene rings is 1. The summed E-state index contributed by atoms with van der Waals surface area (Å²) in [7, 11) is 0. The number of nitriles is 1. The van der Waals surface area contributed by atoms with E-state index in [-0.39, 0.29) is 5.69 Å². The smallest absolute Gasteiger partial charge is 0.269 e. The van der Waals surface area contributed by atoms with E-state index in [4.69, 9.17) is 5.26 Å². The Balaban J connectivity index is 1.90. The van der Waals surface area contributed by atoms with Crippen molar-refractivity contribution in [3.8, 4) is 6.19 Å². The number of nitro benzene ring substituents is 1. The minimum Gasteiger partial charge on any atom is -0.337 e. The average molecular weight is 313 g/mol. The fourth-order valence-electron chi connectivity index (χ4n) is 1.83. The van der Waals surface area contributed by atoms with E-state index in [0.717, 1.165) is 13.0 Å². The summed E-state index contributed by atoms with van der Waals surface area (Å²) in [6, 6.07) is 5.87. The largest absolute Gasteiger partial charge is 0.337 e. The van der Waals surface area contributed by atoms with Gasteiger partial charge in [-0.2, -0.15) is 5.26 Å². The monoisotopic (exact) mass is 313 g/mol. The Kier molecular flexibility index (Phi) is 5.65. The number of hydrogen-bond donors (Lipinski definition) is 2. The number of guanidine groups is 1. The minimum atomic E-state index is -0.470. The van der Waals surface area contributed by atoms with Gasteiger partial charge in [-0.3, -0.25) is 20.4 Å². The van der Waals surface area contributed by atoms with Gasteiger partial charge in [0.25, 0.3) is 5.69 Å². The first-order valence-electron chi connectivity index (χ1n) is 6.86. The highest BCUT2D eigenvalue weighted by Gasteiger charge is 2.05. The van der Waals surface area contributed by atoms with Gasteiger partial charge in [0.05, 0.1) is 11.3 Å². The molecular formula is C14H15N7O2. The number of anilines is 1. The molecule has 1 heterocycles. The first kappa shape index (κ1) is 16.0. The number of imidazole rings is 1. The topological polar surface area (TPSA) is 121 Å². The Hall–Kier alpha value is -3.41. The number of hydrogen-bond acceptors (Lipinski definition) is 5. The van der Waals surface area contributed by atoms with Crippen LogP contribution in [-0.4, -0.2) is 27.0 Å². The molecule has 0 radical (unpaired) electrons. The second-order valence-corrected chi connectivity index (χ2v) is 4.55. The molecule has 0 amide bonds. The SMILES string of the molecule is N#CNC(=NCCCn1ccnc1)Nc1ccc([N+](=O)[O-])cc1. The van der Waals surface area contributed by atoms with Crippen LogP contribution >= 0.6 is 0 Å². The Morgan fingerprint density at radius 3 is 2.83 bits per heavy atom. The molecule has 0 aliphatic rings. The molecule has 0 bridgehead atoms. The lowest BCUT2D eigenvalue weighted by molar-refractivity contribution is -0.384. The second-order valence-electron chi connectivity index (χ2n) is 4.55. The van der Waals surface area contributed by atoms with E-state index in [2.05, 4.69) is 20.6 Å². The van der Waals surface area contributed by atoms with Crippen LogP contribution < -0.4 is 10.6 Å². The van der Waals surface area contributed by atoms with Gasteiger partial charge < -0.3 is 9.88 Å². The van der Waals surface area contributed by atoms with Crippen LogP contribution in [0.2, 0.25) is 0 Å². The van der Waals surface area contributed by atoms with Crippen molar-refractivity contribution in [2.45, 2.75) is 13.0 Å². The van der Waals surface area contributed by atoms with Crippen LogP contribution in [-0.2, 0) is 6.54 Å². The average Bonchev–Trinajstić information content (AvgIpc) is 3.05. The van der Waals surface area contributed by atoms with Crippen molar-refractivity contribution in [1.82, 2.24) is 14.9 Å². The fraction of sp³-hybridized carbons (Fsp3) is 0.214. The van der Waals surface area contributed by atoms with Gasteiger partial charge in [0.1, 0.15) is 0 Å². The Bertz CT molecular complexity index is 702. The number of aliphatic imine (C=N–C) groups is 1. The summed E-state index contributed by atoms with van der Waals surface area (Å²) in [6.45, 7) is 1.29. The predicted octanol–water partition coefficient (Wildman–Crippen LogP) is 1.72. The Morgan fingerprint density at radius 2 is 2.22 bits per heavy atom. The molecule has 2 aromatic rings. The third kappa shape index (κ3) is 5.13. The maximum Gasteiger partial charge on any atom is 0.269 e. The number of rotatable bonds is 6. The molecule has 0 fully saturated rings. The van der Waals surface area contributed by atoms with Crippen molar-refractivity contribution in [2.75, 3.05) is 11.9 Å². The predicted molar refractivity (Wildman–Crippen MR) is 84.6 cm³/mol. The van der Waals surface area contributed by atoms with E-state index in [1.807, 2.05) is 10.8 Å². The first-order valence-corrected chi connectivity index (χ1v) is 6.86. The summed E-state index contributed by atoms with van der Waals surface area (Å²) in [6.07, 6.45) is 7.90. The van der Waals surface area contributed by atoms with Gasteiger partial charge in [-0.05, 0) is 18.6 Å². The van der Waals surface area contributed by atoms with E-state index in [1.165, 1.54) is 12.1 Å². The van der Waals surface area contributed by atoms with Crippen molar-refractivity contribution in [2.24, 2.45) is 4.99 Å². The number of nitrogens with zero attached hydrogens (tertiary/aromatic N) is 5. The highest BCUT2D eigenvalue weighted by Crippen LogP contribution is 2.15. The summed E-state index contributed by atoms with van der Waals surface area (Å²) < 4.78 is 1.94. The third-order valence-corrected chi connectivity index (χ3v) is 2.92. The molecule has 1 aromatic heterocycles. The van der Waals surface area contributed by atoms with Gasteiger partial charge in [-0.25, -0.2) is 4.98 Å². The van der Waals surface area contributed by atoms with Crippen LogP contribution in [0.15, 0.2) is 48.0 Å². The summed E-state index contributed by atoms with van der Waals surface area (Å²) in [5, 5.41) is 24.7. The molecule has 23 heavy (non-hydrogen) atoms. The number of nitrogens with one attached hydrogen (secondary N) is 2. The second kappa shape index (κ2) is 8.14. The Labute approximate surface area is 132 Å². The van der Waals surface area contributed by atoms with Crippen molar-refractivity contribution >= 4 is 17.3 Å². The van der Waals surface area contributed by atoms with Gasteiger partial charge in [0.2, 0.25) is 5.96 Å². The van der Waals surface area contributed by atoms with Crippen molar-refractivity contribution in [3.05, 3.63) is 53.1 Å². The maximum atomic E-state index is 10.6. The summed E-state index contributed by atoms with van der Waals surface area (Å²) in [5.74, 6) is 0.298. The molecule has 9 nitrogen and oxygen atoms in total. The van der Waals surface area contributed by atoms with Crippen LogP contribution in [0.1, 0.15) is 6.42 Å². The lowest BCUT2D eigenvalue weighted by Gasteiger charge is -2.08. The molecule has 9 heteroatoms. The Morgan fingerprint density at radius 1 is 1.43 bits per heavy atom. The molecule has 0 atom stereocenters. The van der Waals surface area contributed by atoms with Gasteiger partial charge in [0, 0.05) is 43.3 Å². The van der Waals surface area contributed by atoms with Crippen LogP contribution in [0.4, 0.5) is 11.4 Å². The molecule has 0 aliphatic carbocycles. The van der Waals surface area contributed by atoms with Crippen LogP contribution in [0.3, 0.4) is 0 Å². The van der Waals surface area contributed by atoms with E-state index < -0.39 is 4.92 Å². The molecule has 1 aromatic carbocycles. The van der Waals surface area contributed by atoms with Crippen LogP contribution in [0, 0.1) is 21.6 Å². The molecule has 0 unspecified atom stereocenters. The zero-order valence-corrected chi connectivity index (χ0v) is 12.2. The van der Waals surface area contributed by atoms with E-state index in [9.17, 15) is 10.1 Å². The molecular weight excluding hydrogens is 298 g/mol. The summed E-state index contributed by atoms with van der Waals surface area (Å²) >= 11 is 0. The maximum absolute atomic E-state index is 10.6. The minimum absolute atomic E-state index is 0.00242. The molecule has 0 saturated heterocycles. The number of aromatic nitrogens is 2. The van der Waals surface area contributed by atoms with Gasteiger partial charge in [-0.1, -0.05) is 0 Å².